The molecule has 0 fully saturated rings. The van der Waals surface area contributed by atoms with E-state index in [0.29, 0.717) is 17.7 Å². The van der Waals surface area contributed by atoms with Gasteiger partial charge in [-0.2, -0.15) is 0 Å². The van der Waals surface area contributed by atoms with Crippen LogP contribution in [0.3, 0.4) is 0 Å². The quantitative estimate of drug-likeness (QED) is 0.738. The molecule has 0 aromatic heterocycles. The molecule has 80 valence electrons. The second kappa shape index (κ2) is 2.89. The van der Waals surface area contributed by atoms with Gasteiger partial charge >= 0.3 is 5.97 Å². The van der Waals surface area contributed by atoms with E-state index in [4.69, 9.17) is 9.84 Å². The fourth-order valence-corrected chi connectivity index (χ4v) is 1.82. The van der Waals surface area contributed by atoms with Gasteiger partial charge in [0.25, 0.3) is 0 Å². The Kier molecular flexibility index (Phi) is 1.89. The number of phenols is 1. The Bertz CT molecular complexity index is 434. The first-order valence-corrected chi connectivity index (χ1v) is 4.68. The van der Waals surface area contributed by atoms with Gasteiger partial charge in [-0.05, 0) is 26.0 Å². The van der Waals surface area contributed by atoms with Crippen LogP contribution in [0.1, 0.15) is 29.8 Å². The molecule has 0 amide bonds. The van der Waals surface area contributed by atoms with Gasteiger partial charge in [0.15, 0.2) is 0 Å². The summed E-state index contributed by atoms with van der Waals surface area (Å²) in [5.41, 5.74) is 0.131. The average Bonchev–Trinajstić information content (AvgIpc) is 2.40. The molecule has 2 N–H and O–H groups in total. The van der Waals surface area contributed by atoms with Gasteiger partial charge in [0.05, 0.1) is 0 Å². The molecule has 2 rings (SSSR count). The molecule has 4 heteroatoms. The van der Waals surface area contributed by atoms with Gasteiger partial charge in [-0.3, -0.25) is 0 Å². The van der Waals surface area contributed by atoms with Crippen molar-refractivity contribution in [1.29, 1.82) is 0 Å². The van der Waals surface area contributed by atoms with Gasteiger partial charge in [-0.15, -0.1) is 0 Å². The number of ether oxygens (including phenoxy) is 1. The lowest BCUT2D eigenvalue weighted by molar-refractivity contribution is 0.0693. The van der Waals surface area contributed by atoms with E-state index in [1.807, 2.05) is 13.8 Å². The highest BCUT2D eigenvalue weighted by Crippen LogP contribution is 2.41. The van der Waals surface area contributed by atoms with E-state index in [1.54, 1.807) is 6.07 Å². The highest BCUT2D eigenvalue weighted by Gasteiger charge is 2.33. The van der Waals surface area contributed by atoms with Crippen molar-refractivity contribution < 1.29 is 19.7 Å². The monoisotopic (exact) mass is 208 g/mol. The van der Waals surface area contributed by atoms with Crippen LogP contribution >= 0.6 is 0 Å². The largest absolute Gasteiger partial charge is 0.507 e. The van der Waals surface area contributed by atoms with Crippen LogP contribution in [0.5, 0.6) is 11.5 Å². The number of aromatic hydroxyl groups is 1. The lowest BCUT2D eigenvalue weighted by Crippen LogP contribution is -2.24. The molecule has 0 bridgehead atoms. The Labute approximate surface area is 87.1 Å². The second-order valence-electron chi connectivity index (χ2n) is 4.28. The van der Waals surface area contributed by atoms with E-state index in [0.717, 1.165) is 0 Å². The summed E-state index contributed by atoms with van der Waals surface area (Å²) >= 11 is 0. The first kappa shape index (κ1) is 9.83. The zero-order valence-corrected chi connectivity index (χ0v) is 8.57. The summed E-state index contributed by atoms with van der Waals surface area (Å²) in [5.74, 6) is -0.729. The van der Waals surface area contributed by atoms with Crippen molar-refractivity contribution in [2.75, 3.05) is 0 Å². The SMILES string of the molecule is CC1(C)Cc2c(ccc(C(=O)O)c2O)O1. The van der Waals surface area contributed by atoms with Crippen LogP contribution in [0.4, 0.5) is 0 Å². The molecule has 1 aromatic rings. The molecule has 1 aromatic carbocycles. The minimum absolute atomic E-state index is 0.0740. The molecule has 0 saturated heterocycles. The van der Waals surface area contributed by atoms with Crippen molar-refractivity contribution in [3.05, 3.63) is 23.3 Å². The van der Waals surface area contributed by atoms with Gasteiger partial charge < -0.3 is 14.9 Å². The van der Waals surface area contributed by atoms with E-state index in [1.165, 1.54) is 6.07 Å². The number of fused-ring (bicyclic) bond motifs is 1. The maximum Gasteiger partial charge on any atom is 0.339 e. The van der Waals surface area contributed by atoms with Gasteiger partial charge in [0.1, 0.15) is 22.7 Å². The molecule has 0 atom stereocenters. The lowest BCUT2D eigenvalue weighted by Gasteiger charge is -2.16. The lowest BCUT2D eigenvalue weighted by atomic mass is 9.99. The van der Waals surface area contributed by atoms with Crippen LogP contribution in [0.2, 0.25) is 0 Å². The van der Waals surface area contributed by atoms with Crippen LogP contribution in [-0.4, -0.2) is 21.8 Å². The third kappa shape index (κ3) is 1.52. The predicted molar refractivity (Wildman–Crippen MR) is 53.5 cm³/mol. The summed E-state index contributed by atoms with van der Waals surface area (Å²) in [6, 6.07) is 2.95. The van der Waals surface area contributed by atoms with E-state index < -0.39 is 5.97 Å². The molecule has 1 aliphatic rings. The van der Waals surface area contributed by atoms with Crippen LogP contribution in [-0.2, 0) is 6.42 Å². The van der Waals surface area contributed by atoms with Crippen molar-refractivity contribution in [3.8, 4) is 11.5 Å². The molecule has 0 spiro atoms. The fourth-order valence-electron chi connectivity index (χ4n) is 1.82. The smallest absolute Gasteiger partial charge is 0.339 e. The molecule has 1 aliphatic heterocycles. The van der Waals surface area contributed by atoms with Crippen molar-refractivity contribution in [2.24, 2.45) is 0 Å². The number of benzene rings is 1. The molecule has 0 saturated carbocycles. The number of carboxylic acids is 1. The zero-order valence-electron chi connectivity index (χ0n) is 8.57. The maximum atomic E-state index is 10.8. The van der Waals surface area contributed by atoms with Gasteiger partial charge in [0, 0.05) is 12.0 Å². The number of carboxylic acid groups (broad SMARTS) is 1. The van der Waals surface area contributed by atoms with Crippen LogP contribution in [0.15, 0.2) is 12.1 Å². The molecule has 0 aliphatic carbocycles. The fraction of sp³-hybridized carbons (Fsp3) is 0.364. The Morgan fingerprint density at radius 3 is 2.73 bits per heavy atom. The third-order valence-electron chi connectivity index (χ3n) is 2.46. The summed E-state index contributed by atoms with van der Waals surface area (Å²) in [5, 5.41) is 18.6. The highest BCUT2D eigenvalue weighted by molar-refractivity contribution is 5.91. The Balaban J connectivity index is 2.53. The molecule has 1 heterocycles. The number of rotatable bonds is 1. The summed E-state index contributed by atoms with van der Waals surface area (Å²) in [6.07, 6.45) is 0.523. The standard InChI is InChI=1S/C11H12O4/c1-11(2)5-7-8(15-11)4-3-6(9(7)12)10(13)14/h3-4,12H,5H2,1-2H3,(H,13,14). The topological polar surface area (TPSA) is 66.8 Å². The van der Waals surface area contributed by atoms with E-state index in [-0.39, 0.29) is 16.9 Å². The Morgan fingerprint density at radius 2 is 2.13 bits per heavy atom. The predicted octanol–water partition coefficient (Wildman–Crippen LogP) is 1.80. The van der Waals surface area contributed by atoms with Crippen molar-refractivity contribution in [2.45, 2.75) is 25.9 Å². The van der Waals surface area contributed by atoms with Crippen LogP contribution < -0.4 is 4.74 Å². The summed E-state index contributed by atoms with van der Waals surface area (Å²) < 4.78 is 5.56. The molecule has 4 nitrogen and oxygen atoms in total. The second-order valence-corrected chi connectivity index (χ2v) is 4.28. The van der Waals surface area contributed by atoms with E-state index in [2.05, 4.69) is 0 Å². The molecule has 15 heavy (non-hydrogen) atoms. The van der Waals surface area contributed by atoms with Crippen molar-refractivity contribution in [1.82, 2.24) is 0 Å². The number of hydrogen-bond donors (Lipinski definition) is 2. The number of carbonyl (C=O) groups is 1. The van der Waals surface area contributed by atoms with Crippen molar-refractivity contribution in [3.63, 3.8) is 0 Å². The number of aromatic carboxylic acids is 1. The van der Waals surface area contributed by atoms with Crippen molar-refractivity contribution >= 4 is 5.97 Å². The van der Waals surface area contributed by atoms with Crippen LogP contribution in [0, 0.1) is 0 Å². The third-order valence-corrected chi connectivity index (χ3v) is 2.46. The van der Waals surface area contributed by atoms with Gasteiger partial charge in [-0.25, -0.2) is 4.79 Å². The molecular formula is C11H12O4. The molecule has 0 radical (unpaired) electrons. The first-order chi connectivity index (χ1) is 6.91. The highest BCUT2D eigenvalue weighted by atomic mass is 16.5. The van der Waals surface area contributed by atoms with Gasteiger partial charge in [-0.1, -0.05) is 0 Å². The Hall–Kier alpha value is -1.71. The normalized spacial score (nSPS) is 16.9. The van der Waals surface area contributed by atoms with Gasteiger partial charge in [0.2, 0.25) is 0 Å². The summed E-state index contributed by atoms with van der Waals surface area (Å²) in [7, 11) is 0. The number of hydrogen-bond acceptors (Lipinski definition) is 3. The zero-order chi connectivity index (χ0) is 11.2. The van der Waals surface area contributed by atoms with E-state index in [9.17, 15) is 9.90 Å². The minimum Gasteiger partial charge on any atom is -0.507 e. The minimum atomic E-state index is -1.12. The van der Waals surface area contributed by atoms with E-state index >= 15 is 0 Å². The average molecular weight is 208 g/mol. The Morgan fingerprint density at radius 1 is 1.47 bits per heavy atom. The molecule has 0 unspecified atom stereocenters. The summed E-state index contributed by atoms with van der Waals surface area (Å²) in [6.45, 7) is 3.79. The summed E-state index contributed by atoms with van der Waals surface area (Å²) in [4.78, 5) is 10.8. The van der Waals surface area contributed by atoms with Crippen LogP contribution in [0.25, 0.3) is 0 Å². The molecular weight excluding hydrogens is 196 g/mol. The first-order valence-electron chi connectivity index (χ1n) is 4.68. The maximum absolute atomic E-state index is 10.8.